The number of carbonyl (C=O) groups is 1. The molecule has 8 nitrogen and oxygen atoms in total. The van der Waals surface area contributed by atoms with E-state index in [4.69, 9.17) is 0 Å². The lowest BCUT2D eigenvalue weighted by molar-refractivity contribution is 0.200. The first-order chi connectivity index (χ1) is 12.5. The summed E-state index contributed by atoms with van der Waals surface area (Å²) in [4.78, 5) is 14.6. The predicted molar refractivity (Wildman–Crippen MR) is 89.3 cm³/mol. The standard InChI is InChI=1S/C17H14FN5O3/c18-12-3-1-2-11(15(12)24)13-5-14-16(21-20-13)23(17(25)26)8-10-4-9(6-19)7-22(10)14/h1-3,5,9-10,24H,4,7-8H2,(H,25,26)/t9-,10+/m0/s1. The topological polar surface area (TPSA) is 114 Å². The van der Waals surface area contributed by atoms with E-state index < -0.39 is 17.7 Å². The number of benzene rings is 1. The highest BCUT2D eigenvalue weighted by molar-refractivity contribution is 5.92. The van der Waals surface area contributed by atoms with Crippen LogP contribution >= 0.6 is 0 Å². The molecular weight excluding hydrogens is 341 g/mol. The van der Waals surface area contributed by atoms with Gasteiger partial charge in [0.25, 0.3) is 0 Å². The average molecular weight is 355 g/mol. The predicted octanol–water partition coefficient (Wildman–Crippen LogP) is 2.20. The van der Waals surface area contributed by atoms with E-state index in [0.717, 1.165) is 11.0 Å². The highest BCUT2D eigenvalue weighted by atomic mass is 19.1. The molecule has 0 saturated carbocycles. The highest BCUT2D eigenvalue weighted by Gasteiger charge is 2.41. The maximum atomic E-state index is 13.7. The van der Waals surface area contributed by atoms with Crippen LogP contribution < -0.4 is 9.80 Å². The summed E-state index contributed by atoms with van der Waals surface area (Å²) in [6, 6.07) is 7.75. The molecule has 0 radical (unpaired) electrons. The van der Waals surface area contributed by atoms with E-state index in [9.17, 15) is 24.7 Å². The van der Waals surface area contributed by atoms with E-state index in [0.29, 0.717) is 18.7 Å². The molecule has 4 rings (SSSR count). The van der Waals surface area contributed by atoms with Gasteiger partial charge in [0, 0.05) is 18.2 Å². The van der Waals surface area contributed by atoms with E-state index in [1.54, 1.807) is 6.07 Å². The zero-order chi connectivity index (χ0) is 18.4. The van der Waals surface area contributed by atoms with Gasteiger partial charge in [0.2, 0.25) is 0 Å². The molecule has 0 bridgehead atoms. The van der Waals surface area contributed by atoms with E-state index in [1.165, 1.54) is 12.1 Å². The Morgan fingerprint density at radius 1 is 1.35 bits per heavy atom. The number of halogens is 1. The van der Waals surface area contributed by atoms with Gasteiger partial charge in [0.05, 0.1) is 29.9 Å². The Labute approximate surface area is 147 Å². The molecule has 2 aromatic rings. The molecule has 0 unspecified atom stereocenters. The summed E-state index contributed by atoms with van der Waals surface area (Å²) in [6.07, 6.45) is -0.593. The minimum Gasteiger partial charge on any atom is -0.504 e. The Bertz CT molecular complexity index is 944. The van der Waals surface area contributed by atoms with Crippen LogP contribution in [0.4, 0.5) is 20.7 Å². The molecule has 9 heteroatoms. The van der Waals surface area contributed by atoms with Gasteiger partial charge in [0.1, 0.15) is 0 Å². The van der Waals surface area contributed by atoms with Crippen molar-refractivity contribution in [2.45, 2.75) is 12.5 Å². The number of aromatic hydroxyl groups is 1. The Kier molecular flexibility index (Phi) is 3.61. The fourth-order valence-corrected chi connectivity index (χ4v) is 3.58. The molecule has 132 valence electrons. The van der Waals surface area contributed by atoms with Crippen LogP contribution in [0.3, 0.4) is 0 Å². The molecule has 1 saturated heterocycles. The molecule has 1 aromatic carbocycles. The van der Waals surface area contributed by atoms with Crippen molar-refractivity contribution in [3.05, 3.63) is 30.1 Å². The first-order valence-electron chi connectivity index (χ1n) is 8.02. The molecule has 2 aliphatic heterocycles. The zero-order valence-electron chi connectivity index (χ0n) is 13.5. The molecule has 2 atom stereocenters. The lowest BCUT2D eigenvalue weighted by Crippen LogP contribution is -2.48. The monoisotopic (exact) mass is 355 g/mol. The number of hydrogen-bond donors (Lipinski definition) is 2. The number of hydrogen-bond acceptors (Lipinski definition) is 6. The van der Waals surface area contributed by atoms with Gasteiger partial charge in [-0.25, -0.2) is 9.18 Å². The molecule has 0 aliphatic carbocycles. The van der Waals surface area contributed by atoms with Crippen LogP contribution in [0.5, 0.6) is 5.75 Å². The van der Waals surface area contributed by atoms with Crippen molar-refractivity contribution >= 4 is 17.6 Å². The number of aromatic nitrogens is 2. The van der Waals surface area contributed by atoms with Crippen LogP contribution in [0.2, 0.25) is 0 Å². The van der Waals surface area contributed by atoms with Crippen LogP contribution in [0, 0.1) is 23.1 Å². The fourth-order valence-electron chi connectivity index (χ4n) is 3.58. The second-order valence-corrected chi connectivity index (χ2v) is 6.34. The van der Waals surface area contributed by atoms with Gasteiger partial charge in [0.15, 0.2) is 17.4 Å². The van der Waals surface area contributed by atoms with Crippen molar-refractivity contribution in [3.63, 3.8) is 0 Å². The average Bonchev–Trinajstić information content (AvgIpc) is 3.06. The maximum absolute atomic E-state index is 13.7. The van der Waals surface area contributed by atoms with Crippen molar-refractivity contribution in [2.75, 3.05) is 22.9 Å². The summed E-state index contributed by atoms with van der Waals surface area (Å²) in [7, 11) is 0. The molecule has 2 aliphatic rings. The van der Waals surface area contributed by atoms with Gasteiger partial charge in [-0.05, 0) is 24.6 Å². The van der Waals surface area contributed by atoms with Crippen LogP contribution in [0.25, 0.3) is 11.3 Å². The van der Waals surface area contributed by atoms with Crippen LogP contribution in [0.15, 0.2) is 24.3 Å². The summed E-state index contributed by atoms with van der Waals surface area (Å²) in [5.41, 5.74) is 0.905. The molecule has 1 aromatic heterocycles. The zero-order valence-corrected chi connectivity index (χ0v) is 13.5. The summed E-state index contributed by atoms with van der Waals surface area (Å²) in [6.45, 7) is 0.668. The summed E-state index contributed by atoms with van der Waals surface area (Å²) >= 11 is 0. The van der Waals surface area contributed by atoms with Gasteiger partial charge in [-0.2, -0.15) is 5.26 Å². The first-order valence-corrected chi connectivity index (χ1v) is 8.02. The Morgan fingerprint density at radius 2 is 2.15 bits per heavy atom. The third-order valence-electron chi connectivity index (χ3n) is 4.80. The van der Waals surface area contributed by atoms with Gasteiger partial charge in [-0.15, -0.1) is 10.2 Å². The van der Waals surface area contributed by atoms with Crippen LogP contribution in [0.1, 0.15) is 6.42 Å². The van der Waals surface area contributed by atoms with E-state index >= 15 is 0 Å². The van der Waals surface area contributed by atoms with Crippen molar-refractivity contribution < 1.29 is 19.4 Å². The van der Waals surface area contributed by atoms with Crippen LogP contribution in [-0.2, 0) is 0 Å². The third-order valence-corrected chi connectivity index (χ3v) is 4.80. The van der Waals surface area contributed by atoms with Crippen LogP contribution in [-0.4, -0.2) is 45.6 Å². The molecule has 26 heavy (non-hydrogen) atoms. The number of fused-ring (bicyclic) bond motifs is 3. The SMILES string of the molecule is N#C[C@@H]1C[C@@H]2CN(C(=O)O)c3nnc(-c4cccc(F)c4O)cc3N2C1. The Balaban J connectivity index is 1.84. The number of nitriles is 1. The lowest BCUT2D eigenvalue weighted by Gasteiger charge is -2.37. The number of phenols is 1. The summed E-state index contributed by atoms with van der Waals surface area (Å²) in [5.74, 6) is -1.36. The molecule has 0 spiro atoms. The largest absolute Gasteiger partial charge is 0.504 e. The Hall–Kier alpha value is -3.41. The van der Waals surface area contributed by atoms with E-state index in [-0.39, 0.29) is 35.6 Å². The fraction of sp³-hybridized carbons (Fsp3) is 0.294. The smallest absolute Gasteiger partial charge is 0.413 e. The maximum Gasteiger partial charge on any atom is 0.413 e. The van der Waals surface area contributed by atoms with Crippen molar-refractivity contribution in [2.24, 2.45) is 5.92 Å². The molecular formula is C17H14FN5O3. The highest BCUT2D eigenvalue weighted by Crippen LogP contribution is 2.41. The number of carboxylic acid groups (broad SMARTS) is 1. The molecule has 1 fully saturated rings. The quantitative estimate of drug-likeness (QED) is 0.806. The molecule has 1 amide bonds. The molecule has 2 N–H and O–H groups in total. The van der Waals surface area contributed by atoms with E-state index in [2.05, 4.69) is 16.3 Å². The van der Waals surface area contributed by atoms with Gasteiger partial charge < -0.3 is 15.1 Å². The van der Waals surface area contributed by atoms with Crippen molar-refractivity contribution in [1.82, 2.24) is 10.2 Å². The Morgan fingerprint density at radius 3 is 2.88 bits per heavy atom. The number of para-hydroxylation sites is 1. The summed E-state index contributed by atoms with van der Waals surface area (Å²) in [5, 5.41) is 36.7. The number of nitrogens with zero attached hydrogens (tertiary/aromatic N) is 5. The number of rotatable bonds is 1. The normalized spacial score (nSPS) is 21.1. The third kappa shape index (κ3) is 2.38. The number of phenolic OH excluding ortho intramolecular Hbond substituents is 1. The van der Waals surface area contributed by atoms with Gasteiger partial charge >= 0.3 is 6.09 Å². The number of anilines is 2. The van der Waals surface area contributed by atoms with Crippen molar-refractivity contribution in [1.29, 1.82) is 5.26 Å². The molecule has 3 heterocycles. The number of amides is 1. The first kappa shape index (κ1) is 16.1. The van der Waals surface area contributed by atoms with Crippen molar-refractivity contribution in [3.8, 4) is 23.1 Å². The summed E-state index contributed by atoms with van der Waals surface area (Å²) < 4.78 is 13.7. The van der Waals surface area contributed by atoms with E-state index in [1.807, 2.05) is 4.90 Å². The van der Waals surface area contributed by atoms with Gasteiger partial charge in [-0.1, -0.05) is 6.07 Å². The minimum atomic E-state index is -1.15. The lowest BCUT2D eigenvalue weighted by atomic mass is 10.1. The van der Waals surface area contributed by atoms with Gasteiger partial charge in [-0.3, -0.25) is 4.90 Å². The minimum absolute atomic E-state index is 0.138. The second kappa shape index (κ2) is 5.84. The second-order valence-electron chi connectivity index (χ2n) is 6.34.